The number of H-pyrrole nitrogens is 2. The number of benzene rings is 2. The fourth-order valence-corrected chi connectivity index (χ4v) is 4.43. The Hall–Kier alpha value is -3.07. The molecule has 178 valence electrons. The number of fused-ring (bicyclic) bond motifs is 2. The molecule has 3 heterocycles. The summed E-state index contributed by atoms with van der Waals surface area (Å²) in [5.41, 5.74) is 10.6. The van der Waals surface area contributed by atoms with Crippen LogP contribution in [0.3, 0.4) is 0 Å². The van der Waals surface area contributed by atoms with Crippen molar-refractivity contribution in [3.8, 4) is 11.4 Å². The lowest BCUT2D eigenvalue weighted by atomic mass is 10.0. The number of rotatable bonds is 6. The van der Waals surface area contributed by atoms with Crippen molar-refractivity contribution in [2.24, 2.45) is 11.7 Å². The number of nitrogens with two attached hydrogens (primary N) is 1. The van der Waals surface area contributed by atoms with Gasteiger partial charge in [0.15, 0.2) is 0 Å². The predicted molar refractivity (Wildman–Crippen MR) is 139 cm³/mol. The molecule has 9 heteroatoms. The Balaban J connectivity index is 1.62. The Labute approximate surface area is 202 Å². The van der Waals surface area contributed by atoms with Gasteiger partial charge >= 0.3 is 0 Å². The van der Waals surface area contributed by atoms with E-state index in [1.54, 1.807) is 6.07 Å². The van der Waals surface area contributed by atoms with Crippen LogP contribution in [0.4, 0.5) is 11.4 Å². The second-order valence-electron chi connectivity index (χ2n) is 9.07. The van der Waals surface area contributed by atoms with Crippen LogP contribution in [-0.4, -0.2) is 53.8 Å². The van der Waals surface area contributed by atoms with Crippen molar-refractivity contribution >= 4 is 44.9 Å². The van der Waals surface area contributed by atoms with Gasteiger partial charge in [-0.2, -0.15) is 0 Å². The molecule has 0 bridgehead atoms. The van der Waals surface area contributed by atoms with Gasteiger partial charge in [0, 0.05) is 41.8 Å². The first-order valence-corrected chi connectivity index (χ1v) is 12.0. The molecule has 4 aromatic rings. The van der Waals surface area contributed by atoms with Gasteiger partial charge in [0.05, 0.1) is 35.5 Å². The molecule has 1 aliphatic heterocycles. The maximum Gasteiger partial charge on any atom is 0.261 e. The zero-order chi connectivity index (χ0) is 23.8. The highest BCUT2D eigenvalue weighted by molar-refractivity contribution is 6.31. The smallest absolute Gasteiger partial charge is 0.261 e. The average Bonchev–Trinajstić information content (AvgIpc) is 3.25. The first-order chi connectivity index (χ1) is 16.4. The van der Waals surface area contributed by atoms with Crippen LogP contribution in [0.2, 0.25) is 5.02 Å². The van der Waals surface area contributed by atoms with Crippen molar-refractivity contribution in [2.75, 3.05) is 43.1 Å². The Morgan fingerprint density at radius 2 is 1.91 bits per heavy atom. The minimum absolute atomic E-state index is 0.0758. The van der Waals surface area contributed by atoms with Crippen LogP contribution in [0.25, 0.3) is 33.3 Å². The third-order valence-corrected chi connectivity index (χ3v) is 6.66. The van der Waals surface area contributed by atoms with Crippen LogP contribution < -0.4 is 21.5 Å². The van der Waals surface area contributed by atoms with Crippen LogP contribution in [0, 0.1) is 5.92 Å². The molecule has 2 aromatic heterocycles. The Morgan fingerprint density at radius 3 is 2.68 bits per heavy atom. The van der Waals surface area contributed by atoms with Gasteiger partial charge in [0.1, 0.15) is 11.4 Å². The quantitative estimate of drug-likeness (QED) is 0.332. The van der Waals surface area contributed by atoms with Gasteiger partial charge in [-0.1, -0.05) is 25.4 Å². The normalized spacial score (nSPS) is 15.4. The fourth-order valence-electron chi connectivity index (χ4n) is 4.26. The van der Waals surface area contributed by atoms with E-state index in [9.17, 15) is 4.79 Å². The van der Waals surface area contributed by atoms with Crippen molar-refractivity contribution in [3.63, 3.8) is 0 Å². The lowest BCUT2D eigenvalue weighted by Gasteiger charge is -2.28. The summed E-state index contributed by atoms with van der Waals surface area (Å²) in [6, 6.07) is 11.5. The number of morpholine rings is 1. The zero-order valence-electron chi connectivity index (χ0n) is 19.3. The first-order valence-electron chi connectivity index (χ1n) is 11.6. The molecule has 1 aliphatic rings. The molecular weight excluding hydrogens is 452 g/mol. The highest BCUT2D eigenvalue weighted by atomic mass is 35.5. The molecule has 0 radical (unpaired) electrons. The number of halogens is 1. The topological polar surface area (TPSA) is 112 Å². The van der Waals surface area contributed by atoms with Crippen LogP contribution in [0.1, 0.15) is 13.8 Å². The standard InChI is InChI=1S/C25H29ClN6O2/c1-14(2)18(27)13-28-23-17-11-15(26)3-5-19(17)31-25(33)22(23)24-29-20-6-4-16(12-21(20)30-24)32-7-9-34-10-8-32/h3-6,11-12,14,18H,7-10,13,27H2,1-2H3,(H,29,30)(H2,28,31,33)/t18-/m1/s1. The molecule has 0 amide bonds. The Kier molecular flexibility index (Phi) is 6.20. The lowest BCUT2D eigenvalue weighted by molar-refractivity contribution is 0.122. The zero-order valence-corrected chi connectivity index (χ0v) is 20.1. The summed E-state index contributed by atoms with van der Waals surface area (Å²) in [6.07, 6.45) is 0. The molecule has 2 aromatic carbocycles. The molecule has 0 unspecified atom stereocenters. The molecule has 8 nitrogen and oxygen atoms in total. The fraction of sp³-hybridized carbons (Fsp3) is 0.360. The van der Waals surface area contributed by atoms with E-state index in [2.05, 4.69) is 46.2 Å². The van der Waals surface area contributed by atoms with E-state index >= 15 is 0 Å². The molecule has 0 aliphatic carbocycles. The number of aromatic nitrogens is 3. The molecule has 0 spiro atoms. The van der Waals surface area contributed by atoms with E-state index in [0.717, 1.165) is 35.2 Å². The van der Waals surface area contributed by atoms with Gasteiger partial charge in [-0.3, -0.25) is 4.79 Å². The van der Waals surface area contributed by atoms with E-state index in [0.29, 0.717) is 47.4 Å². The molecule has 1 atom stereocenters. The Bertz CT molecular complexity index is 1390. The van der Waals surface area contributed by atoms with Gasteiger partial charge in [0.25, 0.3) is 5.56 Å². The number of nitrogens with one attached hydrogen (secondary N) is 3. The summed E-state index contributed by atoms with van der Waals surface area (Å²) < 4.78 is 5.47. The third-order valence-electron chi connectivity index (χ3n) is 6.43. The molecule has 34 heavy (non-hydrogen) atoms. The summed E-state index contributed by atoms with van der Waals surface area (Å²) in [5, 5.41) is 4.82. The lowest BCUT2D eigenvalue weighted by Crippen LogP contribution is -2.36. The molecule has 5 rings (SSSR count). The summed E-state index contributed by atoms with van der Waals surface area (Å²) in [7, 11) is 0. The molecular formula is C25H29ClN6O2. The van der Waals surface area contributed by atoms with Gasteiger partial charge in [-0.25, -0.2) is 4.98 Å². The van der Waals surface area contributed by atoms with Gasteiger partial charge in [-0.05, 0) is 42.3 Å². The maximum atomic E-state index is 13.3. The van der Waals surface area contributed by atoms with Crippen LogP contribution >= 0.6 is 11.6 Å². The van der Waals surface area contributed by atoms with Crippen molar-refractivity contribution in [1.29, 1.82) is 0 Å². The van der Waals surface area contributed by atoms with E-state index in [1.165, 1.54) is 0 Å². The van der Waals surface area contributed by atoms with Crippen LogP contribution in [0.15, 0.2) is 41.2 Å². The number of pyridine rings is 1. The van der Waals surface area contributed by atoms with Crippen molar-refractivity contribution in [3.05, 3.63) is 51.8 Å². The highest BCUT2D eigenvalue weighted by Gasteiger charge is 2.20. The highest BCUT2D eigenvalue weighted by Crippen LogP contribution is 2.33. The summed E-state index contributed by atoms with van der Waals surface area (Å²) in [6.45, 7) is 7.78. The van der Waals surface area contributed by atoms with Crippen molar-refractivity contribution in [2.45, 2.75) is 19.9 Å². The van der Waals surface area contributed by atoms with Gasteiger partial charge in [-0.15, -0.1) is 0 Å². The predicted octanol–water partition coefficient (Wildman–Crippen LogP) is 3.96. The second-order valence-corrected chi connectivity index (χ2v) is 9.51. The SMILES string of the molecule is CC(C)[C@H](N)CNc1c(-c2nc3cc(N4CCOCC4)ccc3[nH]2)c(=O)[nH]c2ccc(Cl)cc12. The average molecular weight is 481 g/mol. The number of imidazole rings is 1. The number of nitrogens with zero attached hydrogens (tertiary/aromatic N) is 2. The minimum atomic E-state index is -0.233. The van der Waals surface area contributed by atoms with Crippen molar-refractivity contribution in [1.82, 2.24) is 15.0 Å². The minimum Gasteiger partial charge on any atom is -0.382 e. The molecule has 0 saturated carbocycles. The number of hydrogen-bond acceptors (Lipinski definition) is 6. The number of hydrogen-bond donors (Lipinski definition) is 4. The number of ether oxygens (including phenoxy) is 1. The van der Waals surface area contributed by atoms with E-state index in [1.807, 2.05) is 18.2 Å². The third kappa shape index (κ3) is 4.36. The van der Waals surface area contributed by atoms with E-state index in [-0.39, 0.29) is 17.5 Å². The number of anilines is 2. The van der Waals surface area contributed by atoms with Crippen molar-refractivity contribution < 1.29 is 4.74 Å². The number of aromatic amines is 2. The van der Waals surface area contributed by atoms with Crippen LogP contribution in [0.5, 0.6) is 0 Å². The van der Waals surface area contributed by atoms with Crippen LogP contribution in [-0.2, 0) is 4.74 Å². The maximum absolute atomic E-state index is 13.3. The first kappa shape index (κ1) is 22.7. The Morgan fingerprint density at radius 1 is 1.15 bits per heavy atom. The largest absolute Gasteiger partial charge is 0.382 e. The second kappa shape index (κ2) is 9.29. The monoisotopic (exact) mass is 480 g/mol. The van der Waals surface area contributed by atoms with E-state index < -0.39 is 0 Å². The summed E-state index contributed by atoms with van der Waals surface area (Å²) >= 11 is 6.32. The van der Waals surface area contributed by atoms with E-state index in [4.69, 9.17) is 27.1 Å². The summed E-state index contributed by atoms with van der Waals surface area (Å²) in [4.78, 5) is 26.7. The molecule has 5 N–H and O–H groups in total. The summed E-state index contributed by atoms with van der Waals surface area (Å²) in [5.74, 6) is 0.787. The molecule has 1 saturated heterocycles. The molecule has 1 fully saturated rings. The van der Waals surface area contributed by atoms with Gasteiger partial charge < -0.3 is 30.7 Å². The van der Waals surface area contributed by atoms with Gasteiger partial charge in [0.2, 0.25) is 0 Å².